The van der Waals surface area contributed by atoms with Crippen molar-refractivity contribution in [3.8, 4) is 5.75 Å². The summed E-state index contributed by atoms with van der Waals surface area (Å²) in [6, 6.07) is 4.65. The minimum Gasteiger partial charge on any atom is -0.507 e. The van der Waals surface area contributed by atoms with Gasteiger partial charge in [-0.15, -0.1) is 0 Å². The summed E-state index contributed by atoms with van der Waals surface area (Å²) in [5, 5.41) is 10.6. The van der Waals surface area contributed by atoms with Crippen molar-refractivity contribution >= 4 is 28.0 Å². The number of phenols is 1. The van der Waals surface area contributed by atoms with E-state index in [1.54, 1.807) is 12.1 Å². The lowest BCUT2D eigenvalue weighted by atomic mass is 10.1. The molecule has 1 aromatic carbocycles. The van der Waals surface area contributed by atoms with Crippen molar-refractivity contribution in [3.05, 3.63) is 29.2 Å². The molecule has 0 spiro atoms. The Balaban J connectivity index is 2.82. The molecule has 0 unspecified atom stereocenters. The first-order chi connectivity index (χ1) is 6.56. The van der Waals surface area contributed by atoms with Gasteiger partial charge >= 0.3 is 0 Å². The zero-order valence-corrected chi connectivity index (χ0v) is 8.85. The van der Waals surface area contributed by atoms with Gasteiger partial charge in [0.2, 0.25) is 9.84 Å². The number of aromatic hydroxyl groups is 1. The Kier molecular flexibility index (Phi) is 2.08. The lowest BCUT2D eigenvalue weighted by Gasteiger charge is -2.02. The number of sulfone groups is 1. The number of phenolic OH excluding ortho intramolecular Hbond substituents is 1. The number of hydrogen-bond donors (Lipinski definition) is 2. The molecule has 0 radical (unpaired) electrons. The molecule has 74 valence electrons. The summed E-state index contributed by atoms with van der Waals surface area (Å²) in [4.78, 5) is 0.00375. The highest BCUT2D eigenvalue weighted by atomic mass is 32.2. The van der Waals surface area contributed by atoms with E-state index in [0.29, 0.717) is 16.9 Å². The van der Waals surface area contributed by atoms with E-state index in [2.05, 4.69) is 12.6 Å². The molecule has 0 saturated heterocycles. The van der Waals surface area contributed by atoms with E-state index in [1.165, 1.54) is 6.07 Å². The SMILES string of the molecule is O=S1(=O)C=C(CS)c2cccc(O)c21. The fourth-order valence-electron chi connectivity index (χ4n) is 1.51. The van der Waals surface area contributed by atoms with E-state index in [9.17, 15) is 13.5 Å². The molecular weight excluding hydrogens is 220 g/mol. The van der Waals surface area contributed by atoms with E-state index in [4.69, 9.17) is 0 Å². The van der Waals surface area contributed by atoms with Crippen LogP contribution in [0, 0.1) is 0 Å². The van der Waals surface area contributed by atoms with Crippen molar-refractivity contribution in [2.75, 3.05) is 5.75 Å². The summed E-state index contributed by atoms with van der Waals surface area (Å²) in [5.41, 5.74) is 1.18. The topological polar surface area (TPSA) is 54.4 Å². The van der Waals surface area contributed by atoms with Crippen molar-refractivity contribution in [1.82, 2.24) is 0 Å². The van der Waals surface area contributed by atoms with Crippen molar-refractivity contribution < 1.29 is 13.5 Å². The second-order valence-corrected chi connectivity index (χ2v) is 5.05. The Morgan fingerprint density at radius 2 is 2.07 bits per heavy atom. The second-order valence-electron chi connectivity index (χ2n) is 3.00. The molecule has 0 aliphatic carbocycles. The lowest BCUT2D eigenvalue weighted by molar-refractivity contribution is 0.459. The molecule has 1 aromatic rings. The Morgan fingerprint density at radius 3 is 2.71 bits per heavy atom. The average Bonchev–Trinajstić information content (AvgIpc) is 2.39. The number of rotatable bonds is 1. The van der Waals surface area contributed by atoms with E-state index in [-0.39, 0.29) is 10.6 Å². The molecule has 0 atom stereocenters. The molecule has 1 heterocycles. The van der Waals surface area contributed by atoms with Crippen molar-refractivity contribution in [3.63, 3.8) is 0 Å². The molecular formula is C9H8O3S2. The first-order valence-electron chi connectivity index (χ1n) is 3.95. The molecule has 1 N–H and O–H groups in total. The van der Waals surface area contributed by atoms with Gasteiger partial charge in [0.25, 0.3) is 0 Å². The predicted octanol–water partition coefficient (Wildman–Crippen LogP) is 1.45. The highest BCUT2D eigenvalue weighted by molar-refractivity contribution is 7.95. The van der Waals surface area contributed by atoms with Crippen LogP contribution in [0.5, 0.6) is 5.75 Å². The van der Waals surface area contributed by atoms with E-state index >= 15 is 0 Å². The van der Waals surface area contributed by atoms with Crippen LogP contribution in [0.2, 0.25) is 0 Å². The minimum atomic E-state index is -3.46. The van der Waals surface area contributed by atoms with Crippen LogP contribution in [0.1, 0.15) is 5.56 Å². The van der Waals surface area contributed by atoms with Gasteiger partial charge in [0.05, 0.1) is 0 Å². The van der Waals surface area contributed by atoms with Gasteiger partial charge < -0.3 is 5.11 Å². The number of benzene rings is 1. The third-order valence-electron chi connectivity index (χ3n) is 2.09. The van der Waals surface area contributed by atoms with E-state index in [1.807, 2.05) is 0 Å². The zero-order valence-electron chi connectivity index (χ0n) is 7.14. The molecule has 0 fully saturated rings. The highest BCUT2D eigenvalue weighted by Crippen LogP contribution is 2.38. The fourth-order valence-corrected chi connectivity index (χ4v) is 3.46. The summed E-state index contributed by atoms with van der Waals surface area (Å²) in [6.45, 7) is 0. The maximum atomic E-state index is 11.6. The minimum absolute atomic E-state index is 0.00375. The van der Waals surface area contributed by atoms with Crippen LogP contribution in [0.4, 0.5) is 0 Å². The monoisotopic (exact) mass is 228 g/mol. The Labute approximate surface area is 87.4 Å². The summed E-state index contributed by atoms with van der Waals surface area (Å²) in [6.07, 6.45) is 0. The van der Waals surface area contributed by atoms with Gasteiger partial charge in [-0.1, -0.05) is 12.1 Å². The summed E-state index contributed by atoms with van der Waals surface area (Å²) in [7, 11) is -3.46. The molecule has 0 aromatic heterocycles. The van der Waals surface area contributed by atoms with Crippen LogP contribution in [0.15, 0.2) is 28.5 Å². The van der Waals surface area contributed by atoms with Crippen LogP contribution in [0.25, 0.3) is 5.57 Å². The summed E-state index contributed by atoms with van der Waals surface area (Å²) >= 11 is 4.04. The maximum Gasteiger partial charge on any atom is 0.204 e. The third-order valence-corrected chi connectivity index (χ3v) is 4.03. The van der Waals surface area contributed by atoms with Crippen LogP contribution in [-0.2, 0) is 9.84 Å². The molecule has 0 amide bonds. The standard InChI is InChI=1S/C9H8O3S2/c10-8-3-1-2-7-6(4-13)5-14(11,12)9(7)8/h1-3,5,10,13H,4H2. The van der Waals surface area contributed by atoms with Gasteiger partial charge in [-0.2, -0.15) is 12.6 Å². The molecule has 5 heteroatoms. The summed E-state index contributed by atoms with van der Waals surface area (Å²) < 4.78 is 23.1. The van der Waals surface area contributed by atoms with Crippen LogP contribution < -0.4 is 0 Å². The second kappa shape index (κ2) is 3.03. The maximum absolute atomic E-state index is 11.6. The van der Waals surface area contributed by atoms with Gasteiger partial charge in [0.15, 0.2) is 0 Å². The average molecular weight is 228 g/mol. The molecule has 0 bridgehead atoms. The molecule has 14 heavy (non-hydrogen) atoms. The lowest BCUT2D eigenvalue weighted by Crippen LogP contribution is -1.93. The molecule has 1 aliphatic heterocycles. The Bertz CT molecular complexity index is 515. The van der Waals surface area contributed by atoms with Gasteiger partial charge in [-0.25, -0.2) is 8.42 Å². The van der Waals surface area contributed by atoms with Gasteiger partial charge in [-0.05, 0) is 11.6 Å². The van der Waals surface area contributed by atoms with Gasteiger partial charge in [0.1, 0.15) is 10.6 Å². The Morgan fingerprint density at radius 1 is 1.36 bits per heavy atom. The van der Waals surface area contributed by atoms with Gasteiger partial charge in [-0.3, -0.25) is 0 Å². The largest absolute Gasteiger partial charge is 0.507 e. The van der Waals surface area contributed by atoms with Crippen LogP contribution in [-0.4, -0.2) is 19.3 Å². The Hall–Kier alpha value is -0.940. The van der Waals surface area contributed by atoms with Crippen LogP contribution >= 0.6 is 12.6 Å². The van der Waals surface area contributed by atoms with Crippen molar-refractivity contribution in [2.24, 2.45) is 0 Å². The third kappa shape index (κ3) is 1.24. The molecule has 0 saturated carbocycles. The van der Waals surface area contributed by atoms with E-state index < -0.39 is 9.84 Å². The number of hydrogen-bond acceptors (Lipinski definition) is 4. The zero-order chi connectivity index (χ0) is 10.3. The highest BCUT2D eigenvalue weighted by Gasteiger charge is 2.28. The summed E-state index contributed by atoms with van der Waals surface area (Å²) in [5.74, 6) is 0.144. The molecule has 2 rings (SSSR count). The van der Waals surface area contributed by atoms with Crippen molar-refractivity contribution in [2.45, 2.75) is 4.90 Å². The predicted molar refractivity (Wildman–Crippen MR) is 57.1 cm³/mol. The smallest absolute Gasteiger partial charge is 0.204 e. The van der Waals surface area contributed by atoms with E-state index in [0.717, 1.165) is 5.41 Å². The molecule has 3 nitrogen and oxygen atoms in total. The normalized spacial score (nSPS) is 17.6. The quantitative estimate of drug-likeness (QED) is 0.715. The van der Waals surface area contributed by atoms with Crippen LogP contribution in [0.3, 0.4) is 0 Å². The van der Waals surface area contributed by atoms with Gasteiger partial charge in [0, 0.05) is 16.7 Å². The first kappa shape index (κ1) is 9.61. The number of thiol groups is 1. The van der Waals surface area contributed by atoms with Crippen molar-refractivity contribution in [1.29, 1.82) is 0 Å². The molecule has 1 aliphatic rings. The number of fused-ring (bicyclic) bond motifs is 1. The first-order valence-corrected chi connectivity index (χ1v) is 6.13. The fraction of sp³-hybridized carbons (Fsp3) is 0.111.